The molecule has 0 unspecified atom stereocenters. The lowest BCUT2D eigenvalue weighted by atomic mass is 10.1. The number of amides is 1. The zero-order valence-electron chi connectivity index (χ0n) is 11.6. The van der Waals surface area contributed by atoms with Crippen molar-refractivity contribution in [2.75, 3.05) is 0 Å². The molecule has 1 heterocycles. The summed E-state index contributed by atoms with van der Waals surface area (Å²) in [7, 11) is 0. The predicted molar refractivity (Wildman–Crippen MR) is 76.6 cm³/mol. The zero-order valence-corrected chi connectivity index (χ0v) is 11.6. The monoisotopic (exact) mass is 267 g/mol. The molecule has 1 aliphatic rings. The van der Waals surface area contributed by atoms with E-state index in [0.717, 1.165) is 12.1 Å². The summed E-state index contributed by atoms with van der Waals surface area (Å²) in [5, 5.41) is 3.04. The van der Waals surface area contributed by atoms with E-state index in [1.807, 2.05) is 25.1 Å². The van der Waals surface area contributed by atoms with Crippen LogP contribution in [0, 0.1) is 13.8 Å². The Labute approximate surface area is 118 Å². The summed E-state index contributed by atoms with van der Waals surface area (Å²) >= 11 is 0. The normalized spacial score (nSPS) is 20.5. The molecule has 3 rings (SSSR count). The average molecular weight is 267 g/mol. The molecule has 2 atom stereocenters. The van der Waals surface area contributed by atoms with Gasteiger partial charge in [-0.3, -0.25) is 4.79 Å². The van der Waals surface area contributed by atoms with Gasteiger partial charge in [0.2, 0.25) is 0 Å². The van der Waals surface area contributed by atoms with Crippen molar-refractivity contribution in [1.29, 1.82) is 0 Å². The minimum absolute atomic E-state index is 0.109. The first-order valence-electron chi connectivity index (χ1n) is 6.81. The second-order valence-corrected chi connectivity index (χ2v) is 5.27. The smallest absolute Gasteiger partial charge is 0.270 e. The lowest BCUT2D eigenvalue weighted by molar-refractivity contribution is 0.0944. The Morgan fingerprint density at radius 2 is 1.95 bits per heavy atom. The first-order valence-corrected chi connectivity index (χ1v) is 6.81. The van der Waals surface area contributed by atoms with Crippen molar-refractivity contribution in [2.45, 2.75) is 32.2 Å². The van der Waals surface area contributed by atoms with Crippen molar-refractivity contribution in [2.24, 2.45) is 0 Å². The van der Waals surface area contributed by atoms with E-state index in [0.29, 0.717) is 17.4 Å². The number of aromatic nitrogens is 2. The van der Waals surface area contributed by atoms with E-state index >= 15 is 0 Å². The summed E-state index contributed by atoms with van der Waals surface area (Å²) < 4.78 is 0. The van der Waals surface area contributed by atoms with Crippen molar-refractivity contribution < 1.29 is 4.79 Å². The Hall–Kier alpha value is -2.23. The highest BCUT2D eigenvalue weighted by molar-refractivity contribution is 5.92. The average Bonchev–Trinajstić information content (AvgIpc) is 3.18. The fourth-order valence-corrected chi connectivity index (χ4v) is 2.50. The summed E-state index contributed by atoms with van der Waals surface area (Å²) in [4.78, 5) is 20.5. The van der Waals surface area contributed by atoms with Gasteiger partial charge in [-0.05, 0) is 31.9 Å². The van der Waals surface area contributed by atoms with E-state index < -0.39 is 0 Å². The van der Waals surface area contributed by atoms with E-state index in [4.69, 9.17) is 0 Å². The molecule has 1 fully saturated rings. The van der Waals surface area contributed by atoms with Crippen LogP contribution < -0.4 is 5.32 Å². The molecule has 0 saturated heterocycles. The molecular weight excluding hydrogens is 250 g/mol. The standard InChI is InChI=1S/C16H17N3O/c1-10-8-15(18-11(2)17-10)16(20)19-14-9-13(14)12-6-4-3-5-7-12/h3-8,13-14H,9H2,1-2H3,(H,19,20)/t13-,14+/m0/s1. The molecule has 0 spiro atoms. The Kier molecular flexibility index (Phi) is 3.22. The van der Waals surface area contributed by atoms with Crippen LogP contribution in [0.25, 0.3) is 0 Å². The number of hydrogen-bond acceptors (Lipinski definition) is 3. The Morgan fingerprint density at radius 1 is 1.20 bits per heavy atom. The van der Waals surface area contributed by atoms with E-state index in [9.17, 15) is 4.79 Å². The topological polar surface area (TPSA) is 54.9 Å². The van der Waals surface area contributed by atoms with Crippen LogP contribution in [0.2, 0.25) is 0 Å². The summed E-state index contributed by atoms with van der Waals surface area (Å²) in [5.41, 5.74) is 2.56. The molecule has 1 amide bonds. The van der Waals surface area contributed by atoms with Crippen LogP contribution >= 0.6 is 0 Å². The third kappa shape index (κ3) is 2.69. The highest BCUT2D eigenvalue weighted by Gasteiger charge is 2.39. The van der Waals surface area contributed by atoms with Crippen molar-refractivity contribution in [3.63, 3.8) is 0 Å². The third-order valence-corrected chi connectivity index (χ3v) is 3.53. The van der Waals surface area contributed by atoms with Gasteiger partial charge in [0, 0.05) is 17.7 Å². The second kappa shape index (κ2) is 5.04. The van der Waals surface area contributed by atoms with E-state index in [-0.39, 0.29) is 11.9 Å². The highest BCUT2D eigenvalue weighted by atomic mass is 16.2. The van der Waals surface area contributed by atoms with Crippen molar-refractivity contribution in [3.8, 4) is 0 Å². The quantitative estimate of drug-likeness (QED) is 0.929. The Balaban J connectivity index is 1.66. The molecule has 4 nitrogen and oxygen atoms in total. The maximum atomic E-state index is 12.2. The summed E-state index contributed by atoms with van der Waals surface area (Å²) in [5.74, 6) is 0.955. The van der Waals surface area contributed by atoms with Crippen LogP contribution in [0.1, 0.15) is 39.9 Å². The molecule has 1 aromatic carbocycles. The zero-order chi connectivity index (χ0) is 14.1. The van der Waals surface area contributed by atoms with Gasteiger partial charge in [-0.25, -0.2) is 9.97 Å². The number of hydrogen-bond donors (Lipinski definition) is 1. The molecular formula is C16H17N3O. The van der Waals surface area contributed by atoms with Gasteiger partial charge >= 0.3 is 0 Å². The number of nitrogens with zero attached hydrogens (tertiary/aromatic N) is 2. The molecule has 2 aromatic rings. The molecule has 1 aliphatic carbocycles. The van der Waals surface area contributed by atoms with Gasteiger partial charge in [-0.15, -0.1) is 0 Å². The molecule has 1 saturated carbocycles. The predicted octanol–water partition coefficient (Wildman–Crippen LogP) is 2.38. The Morgan fingerprint density at radius 3 is 2.65 bits per heavy atom. The number of aryl methyl sites for hydroxylation is 2. The molecule has 1 aromatic heterocycles. The van der Waals surface area contributed by atoms with Gasteiger partial charge in [0.15, 0.2) is 0 Å². The van der Waals surface area contributed by atoms with Crippen molar-refractivity contribution in [1.82, 2.24) is 15.3 Å². The maximum absolute atomic E-state index is 12.2. The summed E-state index contributed by atoms with van der Waals surface area (Å²) in [6.07, 6.45) is 0.999. The lowest BCUT2D eigenvalue weighted by Gasteiger charge is -2.06. The molecule has 102 valence electrons. The minimum atomic E-state index is -0.109. The number of nitrogens with one attached hydrogen (secondary N) is 1. The number of carbonyl (C=O) groups is 1. The minimum Gasteiger partial charge on any atom is -0.347 e. The van der Waals surface area contributed by atoms with Crippen LogP contribution in [0.4, 0.5) is 0 Å². The van der Waals surface area contributed by atoms with Gasteiger partial charge in [-0.2, -0.15) is 0 Å². The van der Waals surface area contributed by atoms with Gasteiger partial charge in [0.25, 0.3) is 5.91 Å². The maximum Gasteiger partial charge on any atom is 0.270 e. The number of carbonyl (C=O) groups excluding carboxylic acids is 1. The van der Waals surface area contributed by atoms with Gasteiger partial charge < -0.3 is 5.32 Å². The van der Waals surface area contributed by atoms with Gasteiger partial charge in [0.1, 0.15) is 11.5 Å². The van der Waals surface area contributed by atoms with E-state index in [1.54, 1.807) is 13.0 Å². The first kappa shape index (κ1) is 12.8. The van der Waals surface area contributed by atoms with Crippen LogP contribution in [-0.2, 0) is 0 Å². The van der Waals surface area contributed by atoms with Crippen molar-refractivity contribution in [3.05, 3.63) is 59.2 Å². The largest absolute Gasteiger partial charge is 0.347 e. The summed E-state index contributed by atoms with van der Waals surface area (Å²) in [6.45, 7) is 3.67. The van der Waals surface area contributed by atoms with E-state index in [2.05, 4.69) is 27.4 Å². The first-order chi connectivity index (χ1) is 9.63. The van der Waals surface area contributed by atoms with Gasteiger partial charge in [-0.1, -0.05) is 30.3 Å². The molecule has 20 heavy (non-hydrogen) atoms. The Bertz CT molecular complexity index is 619. The number of benzene rings is 1. The highest BCUT2D eigenvalue weighted by Crippen LogP contribution is 2.40. The van der Waals surface area contributed by atoms with Crippen LogP contribution in [0.5, 0.6) is 0 Å². The third-order valence-electron chi connectivity index (χ3n) is 3.53. The van der Waals surface area contributed by atoms with E-state index in [1.165, 1.54) is 5.56 Å². The van der Waals surface area contributed by atoms with Crippen LogP contribution in [0.3, 0.4) is 0 Å². The fourth-order valence-electron chi connectivity index (χ4n) is 2.50. The lowest BCUT2D eigenvalue weighted by Crippen LogP contribution is -2.27. The fraction of sp³-hybridized carbons (Fsp3) is 0.312. The number of rotatable bonds is 3. The molecule has 0 aliphatic heterocycles. The molecule has 1 N–H and O–H groups in total. The second-order valence-electron chi connectivity index (χ2n) is 5.27. The molecule has 0 bridgehead atoms. The molecule has 0 radical (unpaired) electrons. The van der Waals surface area contributed by atoms with Crippen LogP contribution in [0.15, 0.2) is 36.4 Å². The summed E-state index contributed by atoms with van der Waals surface area (Å²) in [6, 6.07) is 12.2. The van der Waals surface area contributed by atoms with Crippen LogP contribution in [-0.4, -0.2) is 21.9 Å². The SMILES string of the molecule is Cc1cc(C(=O)N[C@@H]2C[C@H]2c2ccccc2)nc(C)n1. The molecule has 4 heteroatoms. The van der Waals surface area contributed by atoms with Crippen molar-refractivity contribution >= 4 is 5.91 Å². The van der Waals surface area contributed by atoms with Gasteiger partial charge in [0.05, 0.1) is 0 Å².